The van der Waals surface area contributed by atoms with Crippen molar-refractivity contribution >= 4 is 45.9 Å². The summed E-state index contributed by atoms with van der Waals surface area (Å²) in [6.45, 7) is 7.46. The van der Waals surface area contributed by atoms with Crippen LogP contribution in [0.5, 0.6) is 0 Å². The smallest absolute Gasteiger partial charge is 0.478 e. The molecule has 4 rings (SSSR count). The molecule has 0 spiro atoms. The van der Waals surface area contributed by atoms with Gasteiger partial charge in [-0.3, -0.25) is 0 Å². The normalized spacial score (nSPS) is 13.6. The van der Waals surface area contributed by atoms with Crippen LogP contribution < -0.4 is 4.72 Å². The Kier molecular flexibility index (Phi) is 11.0. The molecule has 1 aromatic heterocycles. The van der Waals surface area contributed by atoms with Crippen molar-refractivity contribution in [3.63, 3.8) is 0 Å². The fraction of sp³-hybridized carbons (Fsp3) is 0.235. The number of imidazole rings is 1. The molecule has 0 aliphatic rings. The second-order valence-electron chi connectivity index (χ2n) is 11.6. The molecule has 1 unspecified atom stereocenters. The van der Waals surface area contributed by atoms with Gasteiger partial charge in [0.05, 0.1) is 16.3 Å². The van der Waals surface area contributed by atoms with E-state index in [1.165, 1.54) is 11.6 Å². The predicted octanol–water partition coefficient (Wildman–Crippen LogP) is 9.06. The molecule has 1 heterocycles. The molecular weight excluding hydrogens is 658 g/mol. The molecule has 0 fully saturated rings. The highest BCUT2D eigenvalue weighted by molar-refractivity contribution is 7.83. The van der Waals surface area contributed by atoms with Gasteiger partial charge in [-0.2, -0.15) is 13.2 Å². The number of aromatic nitrogens is 2. The van der Waals surface area contributed by atoms with E-state index in [-0.39, 0.29) is 5.41 Å². The first kappa shape index (κ1) is 35.2. The topological polar surface area (TPSA) is 84.2 Å². The van der Waals surface area contributed by atoms with Crippen molar-refractivity contribution in [2.24, 2.45) is 0 Å². The Labute approximate surface area is 278 Å². The van der Waals surface area contributed by atoms with Crippen LogP contribution in [0.25, 0.3) is 28.1 Å². The van der Waals surface area contributed by atoms with Crippen molar-refractivity contribution in [3.05, 3.63) is 118 Å². The third-order valence-electron chi connectivity index (χ3n) is 7.17. The standard InChI is InChI=1S/C34H32Cl2F3N3O3S/c1-21(5-8-25(32(43)44)19-40-46(45)34(37,38)39)42-20-30(28-16-15-27(35)18-29(28)36)41-31(42)17-22-6-9-23(10-7-22)24-11-13-26(14-12-24)33(2,3)4/h5-16,18,20,40H,17,19H2,1-4H3,(H,43,44)/b21-5+,25-8+. The van der Waals surface area contributed by atoms with E-state index in [1.54, 1.807) is 40.6 Å². The van der Waals surface area contributed by atoms with Crippen LogP contribution in [0.1, 0.15) is 44.6 Å². The number of halogens is 5. The lowest BCUT2D eigenvalue weighted by molar-refractivity contribution is -0.132. The second kappa shape index (κ2) is 14.4. The lowest BCUT2D eigenvalue weighted by Crippen LogP contribution is -2.32. The van der Waals surface area contributed by atoms with Crippen LogP contribution >= 0.6 is 23.2 Å². The molecule has 4 aromatic rings. The third kappa shape index (κ3) is 8.97. The zero-order valence-corrected chi connectivity index (χ0v) is 27.8. The summed E-state index contributed by atoms with van der Waals surface area (Å²) in [7, 11) is -3.40. The first-order chi connectivity index (χ1) is 21.5. The van der Waals surface area contributed by atoms with Gasteiger partial charge in [0.15, 0.2) is 11.0 Å². The highest BCUT2D eigenvalue weighted by atomic mass is 35.5. The Morgan fingerprint density at radius 2 is 1.59 bits per heavy atom. The Morgan fingerprint density at radius 3 is 2.13 bits per heavy atom. The van der Waals surface area contributed by atoms with Gasteiger partial charge in [0.2, 0.25) is 0 Å². The fourth-order valence-electron chi connectivity index (χ4n) is 4.57. The summed E-state index contributed by atoms with van der Waals surface area (Å²) in [5.41, 5.74) is 0.699. The number of carbonyl (C=O) groups is 1. The molecule has 2 N–H and O–H groups in total. The minimum Gasteiger partial charge on any atom is -0.478 e. The Morgan fingerprint density at radius 1 is 0.978 bits per heavy atom. The molecule has 3 aromatic carbocycles. The molecule has 0 amide bonds. The summed E-state index contributed by atoms with van der Waals surface area (Å²) in [5, 5.41) is 10.4. The number of carboxylic acids is 1. The molecule has 0 radical (unpaired) electrons. The van der Waals surface area contributed by atoms with Crippen molar-refractivity contribution in [3.8, 4) is 22.4 Å². The monoisotopic (exact) mass is 689 g/mol. The molecule has 0 saturated heterocycles. The molecule has 0 aliphatic heterocycles. The average Bonchev–Trinajstić information content (AvgIpc) is 3.39. The number of rotatable bonds is 10. The molecule has 1 atom stereocenters. The fourth-order valence-corrected chi connectivity index (χ4v) is 5.52. The summed E-state index contributed by atoms with van der Waals surface area (Å²) >= 11 is 12.6. The van der Waals surface area contributed by atoms with E-state index in [2.05, 4.69) is 45.0 Å². The molecule has 6 nitrogen and oxygen atoms in total. The molecule has 0 aliphatic carbocycles. The SMILES string of the molecule is C/C(=C\C=C(/CNS(=O)C(F)(F)F)C(=O)O)n1cc(-c2ccc(Cl)cc2Cl)nc1Cc1ccc(-c2ccc(C(C)(C)C)cc2)cc1. The molecule has 46 heavy (non-hydrogen) atoms. The first-order valence-corrected chi connectivity index (χ1v) is 16.0. The number of benzene rings is 3. The number of allylic oxidation sites excluding steroid dienone is 3. The maximum atomic E-state index is 12.6. The predicted molar refractivity (Wildman–Crippen MR) is 179 cm³/mol. The van der Waals surface area contributed by atoms with E-state index in [1.807, 2.05) is 24.3 Å². The van der Waals surface area contributed by atoms with Gasteiger partial charge in [-0.25, -0.2) is 18.7 Å². The van der Waals surface area contributed by atoms with Crippen LogP contribution in [0.3, 0.4) is 0 Å². The van der Waals surface area contributed by atoms with E-state index >= 15 is 0 Å². The Hall–Kier alpha value is -3.70. The summed E-state index contributed by atoms with van der Waals surface area (Å²) in [6.07, 6.45) is 4.76. The van der Waals surface area contributed by atoms with E-state index in [0.29, 0.717) is 39.2 Å². The number of aliphatic carboxylic acids is 1. The zero-order chi connectivity index (χ0) is 33.8. The third-order valence-corrected chi connectivity index (χ3v) is 8.55. The maximum Gasteiger partial charge on any atom is 0.485 e. The number of carboxylic acid groups (broad SMARTS) is 1. The Balaban J connectivity index is 1.66. The molecule has 12 heteroatoms. The van der Waals surface area contributed by atoms with E-state index < -0.39 is 34.6 Å². The first-order valence-electron chi connectivity index (χ1n) is 14.1. The van der Waals surface area contributed by atoms with Crippen LogP contribution in [-0.2, 0) is 27.6 Å². The van der Waals surface area contributed by atoms with Gasteiger partial charge in [0.25, 0.3) is 0 Å². The quantitative estimate of drug-likeness (QED) is 0.129. The van der Waals surface area contributed by atoms with Gasteiger partial charge in [-0.05, 0) is 64.9 Å². The molecular formula is C34H32Cl2F3N3O3S. The van der Waals surface area contributed by atoms with E-state index in [9.17, 15) is 27.3 Å². The maximum absolute atomic E-state index is 12.6. The van der Waals surface area contributed by atoms with E-state index in [0.717, 1.165) is 22.8 Å². The van der Waals surface area contributed by atoms with Gasteiger partial charge in [0.1, 0.15) is 5.82 Å². The molecule has 242 valence electrons. The average molecular weight is 691 g/mol. The number of nitrogens with zero attached hydrogens (tertiary/aromatic N) is 2. The van der Waals surface area contributed by atoms with Gasteiger partial charge in [-0.1, -0.05) is 92.5 Å². The van der Waals surface area contributed by atoms with Crippen molar-refractivity contribution in [1.29, 1.82) is 0 Å². The van der Waals surface area contributed by atoms with Crippen molar-refractivity contribution in [2.75, 3.05) is 6.54 Å². The lowest BCUT2D eigenvalue weighted by Gasteiger charge is -2.19. The summed E-state index contributed by atoms with van der Waals surface area (Å²) in [4.78, 5) is 16.5. The highest BCUT2D eigenvalue weighted by Gasteiger charge is 2.37. The van der Waals surface area contributed by atoms with Gasteiger partial charge < -0.3 is 9.67 Å². The number of alkyl halides is 3. The van der Waals surface area contributed by atoms with Gasteiger partial charge in [-0.15, -0.1) is 0 Å². The van der Waals surface area contributed by atoms with Crippen LogP contribution in [0.15, 0.2) is 90.7 Å². The van der Waals surface area contributed by atoms with E-state index in [4.69, 9.17) is 28.2 Å². The lowest BCUT2D eigenvalue weighted by atomic mass is 9.86. The summed E-state index contributed by atoms with van der Waals surface area (Å²) in [5.74, 6) is -0.845. The zero-order valence-electron chi connectivity index (χ0n) is 25.5. The molecule has 0 saturated carbocycles. The van der Waals surface area contributed by atoms with Crippen LogP contribution in [-0.4, -0.2) is 36.9 Å². The number of hydrogen-bond donors (Lipinski definition) is 2. The summed E-state index contributed by atoms with van der Waals surface area (Å²) in [6, 6.07) is 21.6. The Bertz CT molecular complexity index is 1810. The van der Waals surface area contributed by atoms with Gasteiger partial charge in [0, 0.05) is 35.4 Å². The van der Waals surface area contributed by atoms with Crippen molar-refractivity contribution < 1.29 is 27.3 Å². The number of hydrogen-bond acceptors (Lipinski definition) is 3. The molecule has 0 bridgehead atoms. The van der Waals surface area contributed by atoms with Crippen molar-refractivity contribution in [2.45, 2.75) is 45.0 Å². The highest BCUT2D eigenvalue weighted by Crippen LogP contribution is 2.32. The van der Waals surface area contributed by atoms with Crippen LogP contribution in [0.4, 0.5) is 13.2 Å². The minimum atomic E-state index is -5.02. The van der Waals surface area contributed by atoms with Crippen LogP contribution in [0.2, 0.25) is 10.0 Å². The summed E-state index contributed by atoms with van der Waals surface area (Å²) < 4.78 is 52.7. The van der Waals surface area contributed by atoms with Crippen LogP contribution in [0, 0.1) is 0 Å². The largest absolute Gasteiger partial charge is 0.485 e. The number of nitrogens with one attached hydrogen (secondary N) is 1. The van der Waals surface area contributed by atoms with Crippen molar-refractivity contribution in [1.82, 2.24) is 14.3 Å². The minimum absolute atomic E-state index is 0.0568. The van der Waals surface area contributed by atoms with Gasteiger partial charge >= 0.3 is 11.5 Å². The second-order valence-corrected chi connectivity index (χ2v) is 13.7.